The summed E-state index contributed by atoms with van der Waals surface area (Å²) in [5, 5.41) is 14.2. The quantitative estimate of drug-likeness (QED) is 0.661. The van der Waals surface area contributed by atoms with Gasteiger partial charge in [-0.2, -0.15) is 0 Å². The molecule has 0 aliphatic carbocycles. The Bertz CT molecular complexity index is 619. The molecule has 19 heavy (non-hydrogen) atoms. The monoisotopic (exact) mass is 261 g/mol. The van der Waals surface area contributed by atoms with Gasteiger partial charge in [-0.05, 0) is 18.6 Å². The topological polar surface area (TPSA) is 77.2 Å². The lowest BCUT2D eigenvalue weighted by atomic mass is 10.2. The van der Waals surface area contributed by atoms with Crippen LogP contribution in [-0.2, 0) is 11.3 Å². The second kappa shape index (κ2) is 5.51. The first-order valence-electron chi connectivity index (χ1n) is 6.12. The Hall–Kier alpha value is -2.37. The van der Waals surface area contributed by atoms with Gasteiger partial charge >= 0.3 is 0 Å². The number of fused-ring (bicyclic) bond motifs is 1. The van der Waals surface area contributed by atoms with E-state index in [-0.39, 0.29) is 18.1 Å². The maximum Gasteiger partial charge on any atom is 0.270 e. The summed E-state index contributed by atoms with van der Waals surface area (Å²) in [6.45, 7) is 2.87. The van der Waals surface area contributed by atoms with Gasteiger partial charge in [0.25, 0.3) is 5.69 Å². The summed E-state index contributed by atoms with van der Waals surface area (Å²) in [4.78, 5) is 21.9. The third kappa shape index (κ3) is 2.90. The second-order valence-electron chi connectivity index (χ2n) is 4.29. The Kier molecular flexibility index (Phi) is 3.79. The van der Waals surface area contributed by atoms with Crippen LogP contribution in [-0.4, -0.2) is 21.9 Å². The molecule has 2 rings (SSSR count). The fourth-order valence-corrected chi connectivity index (χ4v) is 1.91. The van der Waals surface area contributed by atoms with Crippen LogP contribution in [0.25, 0.3) is 10.9 Å². The average Bonchev–Trinajstić information content (AvgIpc) is 2.78. The Morgan fingerprint density at radius 2 is 2.21 bits per heavy atom. The minimum absolute atomic E-state index is 0.0562. The highest BCUT2D eigenvalue weighted by molar-refractivity contribution is 5.85. The maximum absolute atomic E-state index is 11.6. The van der Waals surface area contributed by atoms with Gasteiger partial charge in [-0.3, -0.25) is 14.9 Å². The zero-order valence-electron chi connectivity index (χ0n) is 10.6. The van der Waals surface area contributed by atoms with E-state index < -0.39 is 4.92 Å². The van der Waals surface area contributed by atoms with Crippen molar-refractivity contribution in [2.24, 2.45) is 0 Å². The fraction of sp³-hybridized carbons (Fsp3) is 0.308. The molecule has 0 saturated carbocycles. The van der Waals surface area contributed by atoms with Crippen LogP contribution in [0.3, 0.4) is 0 Å². The highest BCUT2D eigenvalue weighted by atomic mass is 16.6. The number of carbonyl (C=O) groups is 1. The number of rotatable bonds is 5. The third-order valence-electron chi connectivity index (χ3n) is 2.85. The number of nitro groups is 1. The van der Waals surface area contributed by atoms with Crippen molar-refractivity contribution in [2.75, 3.05) is 6.54 Å². The molecule has 1 heterocycles. The van der Waals surface area contributed by atoms with Crippen LogP contribution in [0.4, 0.5) is 5.69 Å². The van der Waals surface area contributed by atoms with Crippen LogP contribution < -0.4 is 5.32 Å². The first-order chi connectivity index (χ1) is 9.11. The van der Waals surface area contributed by atoms with Gasteiger partial charge in [0.05, 0.1) is 4.92 Å². The van der Waals surface area contributed by atoms with Crippen molar-refractivity contribution in [3.63, 3.8) is 0 Å². The van der Waals surface area contributed by atoms with Crippen molar-refractivity contribution in [1.82, 2.24) is 9.88 Å². The molecule has 2 aromatic rings. The number of benzene rings is 1. The molecular formula is C13H15N3O3. The number of nitro benzene ring substituents is 1. The van der Waals surface area contributed by atoms with Crippen LogP contribution in [0, 0.1) is 10.1 Å². The largest absolute Gasteiger partial charge is 0.355 e. The molecule has 0 atom stereocenters. The summed E-state index contributed by atoms with van der Waals surface area (Å²) in [6, 6.07) is 6.40. The minimum atomic E-state index is -0.426. The van der Waals surface area contributed by atoms with E-state index in [1.165, 1.54) is 12.1 Å². The Morgan fingerprint density at radius 3 is 2.89 bits per heavy atom. The lowest BCUT2D eigenvalue weighted by Gasteiger charge is -2.06. The van der Waals surface area contributed by atoms with Gasteiger partial charge in [-0.25, -0.2) is 0 Å². The summed E-state index contributed by atoms with van der Waals surface area (Å²) < 4.78 is 1.78. The molecular weight excluding hydrogens is 246 g/mol. The fourth-order valence-electron chi connectivity index (χ4n) is 1.91. The molecule has 0 radical (unpaired) electrons. The van der Waals surface area contributed by atoms with Gasteiger partial charge in [-0.15, -0.1) is 0 Å². The third-order valence-corrected chi connectivity index (χ3v) is 2.85. The lowest BCUT2D eigenvalue weighted by molar-refractivity contribution is -0.384. The molecule has 1 amide bonds. The molecule has 1 N–H and O–H groups in total. The minimum Gasteiger partial charge on any atom is -0.355 e. The maximum atomic E-state index is 11.6. The van der Waals surface area contributed by atoms with E-state index in [0.29, 0.717) is 6.54 Å². The number of nitrogens with zero attached hydrogens (tertiary/aromatic N) is 2. The number of amides is 1. The van der Waals surface area contributed by atoms with Crippen molar-refractivity contribution in [1.29, 1.82) is 0 Å². The zero-order chi connectivity index (χ0) is 13.8. The highest BCUT2D eigenvalue weighted by Gasteiger charge is 2.10. The standard InChI is InChI=1S/C13H15N3O3/c1-2-6-14-13(17)9-15-7-5-10-8-11(16(18)19)3-4-12(10)15/h3-5,7-8H,2,6,9H2,1H3,(H,14,17). The molecule has 1 aromatic carbocycles. The van der Waals surface area contributed by atoms with Crippen molar-refractivity contribution >= 4 is 22.5 Å². The molecule has 0 aliphatic heterocycles. The first-order valence-corrected chi connectivity index (χ1v) is 6.12. The van der Waals surface area contributed by atoms with Crippen molar-refractivity contribution < 1.29 is 9.72 Å². The molecule has 0 unspecified atom stereocenters. The lowest BCUT2D eigenvalue weighted by Crippen LogP contribution is -2.27. The van der Waals surface area contributed by atoms with Crippen LogP contribution in [0.5, 0.6) is 0 Å². The average molecular weight is 261 g/mol. The normalized spacial score (nSPS) is 10.6. The summed E-state index contributed by atoms with van der Waals surface area (Å²) in [5.41, 5.74) is 0.873. The Morgan fingerprint density at radius 1 is 1.42 bits per heavy atom. The van der Waals surface area contributed by atoms with Crippen LogP contribution in [0.15, 0.2) is 30.5 Å². The van der Waals surface area contributed by atoms with E-state index in [2.05, 4.69) is 5.32 Å². The molecule has 1 aromatic heterocycles. The molecule has 100 valence electrons. The van der Waals surface area contributed by atoms with E-state index >= 15 is 0 Å². The van der Waals surface area contributed by atoms with E-state index in [4.69, 9.17) is 0 Å². The second-order valence-corrected chi connectivity index (χ2v) is 4.29. The van der Waals surface area contributed by atoms with E-state index in [1.54, 1.807) is 22.9 Å². The van der Waals surface area contributed by atoms with E-state index in [1.807, 2.05) is 6.92 Å². The number of nitrogens with one attached hydrogen (secondary N) is 1. The van der Waals surface area contributed by atoms with Gasteiger partial charge in [0.2, 0.25) is 5.91 Å². The highest BCUT2D eigenvalue weighted by Crippen LogP contribution is 2.21. The Balaban J connectivity index is 2.21. The molecule has 0 aliphatic rings. The SMILES string of the molecule is CCCNC(=O)Cn1ccc2cc([N+](=O)[O-])ccc21. The van der Waals surface area contributed by atoms with Crippen molar-refractivity contribution in [3.8, 4) is 0 Å². The number of hydrogen-bond donors (Lipinski definition) is 1. The Labute approximate surface area is 110 Å². The van der Waals surface area contributed by atoms with Gasteiger partial charge < -0.3 is 9.88 Å². The van der Waals surface area contributed by atoms with Gasteiger partial charge in [0, 0.05) is 35.8 Å². The van der Waals surface area contributed by atoms with Crippen molar-refractivity contribution in [2.45, 2.75) is 19.9 Å². The van der Waals surface area contributed by atoms with Crippen LogP contribution in [0.2, 0.25) is 0 Å². The van der Waals surface area contributed by atoms with Crippen molar-refractivity contribution in [3.05, 3.63) is 40.6 Å². The molecule has 0 fully saturated rings. The summed E-state index contributed by atoms with van der Waals surface area (Å²) in [6.07, 6.45) is 2.66. The molecule has 6 heteroatoms. The summed E-state index contributed by atoms with van der Waals surface area (Å²) >= 11 is 0. The summed E-state index contributed by atoms with van der Waals surface area (Å²) in [7, 11) is 0. The van der Waals surface area contributed by atoms with Crippen LogP contribution >= 0.6 is 0 Å². The number of hydrogen-bond acceptors (Lipinski definition) is 3. The number of non-ortho nitro benzene ring substituents is 1. The van der Waals surface area contributed by atoms with E-state index in [0.717, 1.165) is 17.3 Å². The predicted octanol–water partition coefficient (Wildman–Crippen LogP) is 2.08. The predicted molar refractivity (Wildman–Crippen MR) is 71.9 cm³/mol. The first kappa shape index (κ1) is 13.1. The zero-order valence-corrected chi connectivity index (χ0v) is 10.6. The number of aromatic nitrogens is 1. The molecule has 0 saturated heterocycles. The summed E-state index contributed by atoms with van der Waals surface area (Å²) in [5.74, 6) is -0.0577. The van der Waals surface area contributed by atoms with E-state index in [9.17, 15) is 14.9 Å². The van der Waals surface area contributed by atoms with Gasteiger partial charge in [-0.1, -0.05) is 6.92 Å². The molecule has 0 spiro atoms. The van der Waals surface area contributed by atoms with Gasteiger partial charge in [0.1, 0.15) is 6.54 Å². The van der Waals surface area contributed by atoms with Gasteiger partial charge in [0.15, 0.2) is 0 Å². The number of carbonyl (C=O) groups excluding carboxylic acids is 1. The smallest absolute Gasteiger partial charge is 0.270 e. The van der Waals surface area contributed by atoms with Crippen LogP contribution in [0.1, 0.15) is 13.3 Å². The molecule has 0 bridgehead atoms. The molecule has 6 nitrogen and oxygen atoms in total.